The number of hydrogen-bond acceptors (Lipinski definition) is 4. The van der Waals surface area contributed by atoms with Gasteiger partial charge in [-0.3, -0.25) is 9.89 Å². The van der Waals surface area contributed by atoms with Crippen LogP contribution in [0.5, 0.6) is 0 Å². The molecule has 100 valence electrons. The third kappa shape index (κ3) is 4.94. The van der Waals surface area contributed by atoms with Gasteiger partial charge in [0.2, 0.25) is 5.91 Å². The average molecular weight is 254 g/mol. The van der Waals surface area contributed by atoms with Crippen molar-refractivity contribution >= 4 is 11.9 Å². The normalized spacial score (nSPS) is 12.4. The Kier molecular flexibility index (Phi) is 5.29. The maximum absolute atomic E-state index is 11.6. The zero-order chi connectivity index (χ0) is 13.5. The van der Waals surface area contributed by atoms with E-state index in [-0.39, 0.29) is 18.2 Å². The fourth-order valence-electron chi connectivity index (χ4n) is 1.54. The molecule has 0 aromatic carbocycles. The molecule has 1 aromatic heterocycles. The van der Waals surface area contributed by atoms with Gasteiger partial charge in [-0.1, -0.05) is 13.8 Å². The smallest absolute Gasteiger partial charge is 0.326 e. The van der Waals surface area contributed by atoms with E-state index >= 15 is 0 Å². The van der Waals surface area contributed by atoms with Crippen molar-refractivity contribution in [3.05, 3.63) is 12.2 Å². The predicted molar refractivity (Wildman–Crippen MR) is 63.7 cm³/mol. The number of H-pyrrole nitrogens is 1. The minimum absolute atomic E-state index is 0.192. The molecule has 0 saturated heterocycles. The van der Waals surface area contributed by atoms with E-state index in [2.05, 4.69) is 20.5 Å². The highest BCUT2D eigenvalue weighted by molar-refractivity contribution is 5.83. The van der Waals surface area contributed by atoms with Crippen molar-refractivity contribution in [1.82, 2.24) is 20.5 Å². The molecular weight excluding hydrogens is 236 g/mol. The molecule has 0 aliphatic rings. The maximum atomic E-state index is 11.6. The van der Waals surface area contributed by atoms with Gasteiger partial charge in [0.05, 0.1) is 0 Å². The summed E-state index contributed by atoms with van der Waals surface area (Å²) in [5.41, 5.74) is 0. The first-order chi connectivity index (χ1) is 8.49. The minimum Gasteiger partial charge on any atom is -0.480 e. The van der Waals surface area contributed by atoms with Crippen molar-refractivity contribution in [2.75, 3.05) is 0 Å². The summed E-state index contributed by atoms with van der Waals surface area (Å²) in [6, 6.07) is -0.827. The van der Waals surface area contributed by atoms with Crippen LogP contribution in [0.3, 0.4) is 0 Å². The molecular formula is C11H18N4O3. The van der Waals surface area contributed by atoms with Gasteiger partial charge in [-0.25, -0.2) is 9.78 Å². The second-order valence-corrected chi connectivity index (χ2v) is 4.52. The molecule has 1 heterocycles. The number of aromatic nitrogens is 3. The van der Waals surface area contributed by atoms with Crippen molar-refractivity contribution < 1.29 is 14.7 Å². The Hall–Kier alpha value is -1.92. The molecule has 0 aliphatic heterocycles. The highest BCUT2D eigenvalue weighted by Crippen LogP contribution is 2.05. The number of carboxylic acid groups (broad SMARTS) is 1. The van der Waals surface area contributed by atoms with E-state index in [1.54, 1.807) is 0 Å². The molecule has 0 aliphatic carbocycles. The van der Waals surface area contributed by atoms with E-state index in [1.165, 1.54) is 6.33 Å². The van der Waals surface area contributed by atoms with Crippen molar-refractivity contribution in [2.45, 2.75) is 39.2 Å². The lowest BCUT2D eigenvalue weighted by Crippen LogP contribution is -2.41. The van der Waals surface area contributed by atoms with Crippen molar-refractivity contribution in [3.8, 4) is 0 Å². The second-order valence-electron chi connectivity index (χ2n) is 4.52. The van der Waals surface area contributed by atoms with E-state index in [1.807, 2.05) is 13.8 Å². The molecule has 0 radical (unpaired) electrons. The van der Waals surface area contributed by atoms with E-state index < -0.39 is 12.0 Å². The number of rotatable bonds is 7. The highest BCUT2D eigenvalue weighted by atomic mass is 16.4. The summed E-state index contributed by atoms with van der Waals surface area (Å²) in [5.74, 6) is -0.474. The Morgan fingerprint density at radius 3 is 2.72 bits per heavy atom. The van der Waals surface area contributed by atoms with Crippen LogP contribution < -0.4 is 5.32 Å². The van der Waals surface area contributed by atoms with Crippen LogP contribution in [0, 0.1) is 5.92 Å². The summed E-state index contributed by atoms with van der Waals surface area (Å²) in [7, 11) is 0. The van der Waals surface area contributed by atoms with Crippen LogP contribution in [-0.4, -0.2) is 38.2 Å². The van der Waals surface area contributed by atoms with Gasteiger partial charge in [0.1, 0.15) is 18.2 Å². The monoisotopic (exact) mass is 254 g/mol. The molecule has 0 fully saturated rings. The van der Waals surface area contributed by atoms with Crippen molar-refractivity contribution in [1.29, 1.82) is 0 Å². The largest absolute Gasteiger partial charge is 0.480 e. The summed E-state index contributed by atoms with van der Waals surface area (Å²) in [5, 5.41) is 17.8. The minimum atomic E-state index is -1.00. The summed E-state index contributed by atoms with van der Waals surface area (Å²) >= 11 is 0. The van der Waals surface area contributed by atoms with Crippen LogP contribution in [0.15, 0.2) is 6.33 Å². The van der Waals surface area contributed by atoms with Crippen LogP contribution in [0.1, 0.15) is 32.5 Å². The molecule has 0 saturated carbocycles. The number of hydrogen-bond donors (Lipinski definition) is 3. The lowest BCUT2D eigenvalue weighted by molar-refractivity contribution is -0.142. The number of amides is 1. The van der Waals surface area contributed by atoms with Gasteiger partial charge >= 0.3 is 5.97 Å². The molecule has 0 bridgehead atoms. The number of aliphatic carboxylic acids is 1. The van der Waals surface area contributed by atoms with Gasteiger partial charge in [-0.2, -0.15) is 5.10 Å². The van der Waals surface area contributed by atoms with Gasteiger partial charge < -0.3 is 10.4 Å². The summed E-state index contributed by atoms with van der Waals surface area (Å²) in [6.45, 7) is 3.83. The third-order valence-electron chi connectivity index (χ3n) is 2.39. The molecule has 1 amide bonds. The van der Waals surface area contributed by atoms with E-state index in [0.717, 1.165) is 0 Å². The number of carbonyl (C=O) groups excluding carboxylic acids is 1. The van der Waals surface area contributed by atoms with Crippen LogP contribution in [-0.2, 0) is 16.0 Å². The Morgan fingerprint density at radius 1 is 1.50 bits per heavy atom. The Labute approximate surface area is 105 Å². The lowest BCUT2D eigenvalue weighted by Gasteiger charge is -2.16. The van der Waals surface area contributed by atoms with Gasteiger partial charge in [0.15, 0.2) is 0 Å². The first-order valence-electron chi connectivity index (χ1n) is 5.85. The molecule has 0 unspecified atom stereocenters. The zero-order valence-electron chi connectivity index (χ0n) is 10.5. The SMILES string of the molecule is CC(C)C[C@H](NC(=O)CCc1ncn[nH]1)C(=O)O. The quantitative estimate of drug-likeness (QED) is 0.650. The van der Waals surface area contributed by atoms with Crippen molar-refractivity contribution in [3.63, 3.8) is 0 Å². The predicted octanol–water partition coefficient (Wildman–Crippen LogP) is 0.353. The topological polar surface area (TPSA) is 108 Å². The van der Waals surface area contributed by atoms with Gasteiger partial charge in [-0.15, -0.1) is 0 Å². The molecule has 18 heavy (non-hydrogen) atoms. The van der Waals surface area contributed by atoms with Crippen LogP contribution in [0.4, 0.5) is 0 Å². The highest BCUT2D eigenvalue weighted by Gasteiger charge is 2.20. The van der Waals surface area contributed by atoms with E-state index in [0.29, 0.717) is 18.7 Å². The molecule has 7 heteroatoms. The van der Waals surface area contributed by atoms with Gasteiger partial charge in [0.25, 0.3) is 0 Å². The first kappa shape index (κ1) is 14.1. The Balaban J connectivity index is 2.39. The molecule has 1 atom stereocenters. The lowest BCUT2D eigenvalue weighted by atomic mass is 10.0. The average Bonchev–Trinajstić information content (AvgIpc) is 2.77. The summed E-state index contributed by atoms with van der Waals surface area (Å²) in [4.78, 5) is 26.4. The van der Waals surface area contributed by atoms with E-state index in [9.17, 15) is 9.59 Å². The second kappa shape index (κ2) is 6.73. The number of aryl methyl sites for hydroxylation is 1. The molecule has 7 nitrogen and oxygen atoms in total. The van der Waals surface area contributed by atoms with Crippen LogP contribution in [0.2, 0.25) is 0 Å². The van der Waals surface area contributed by atoms with Gasteiger partial charge in [-0.05, 0) is 12.3 Å². The fourth-order valence-corrected chi connectivity index (χ4v) is 1.54. The van der Waals surface area contributed by atoms with Crippen LogP contribution in [0.25, 0.3) is 0 Å². The number of carboxylic acids is 1. The van der Waals surface area contributed by atoms with E-state index in [4.69, 9.17) is 5.11 Å². The molecule has 0 spiro atoms. The molecule has 3 N–H and O–H groups in total. The number of nitrogens with one attached hydrogen (secondary N) is 2. The Morgan fingerprint density at radius 2 is 2.22 bits per heavy atom. The summed E-state index contributed by atoms with van der Waals surface area (Å²) in [6.07, 6.45) is 2.40. The number of nitrogens with zero attached hydrogens (tertiary/aromatic N) is 2. The van der Waals surface area contributed by atoms with Crippen LogP contribution >= 0.6 is 0 Å². The number of aromatic amines is 1. The Bertz CT molecular complexity index is 389. The van der Waals surface area contributed by atoms with Crippen molar-refractivity contribution in [2.24, 2.45) is 5.92 Å². The standard InChI is InChI=1S/C11H18N4O3/c1-7(2)5-8(11(17)18)14-10(16)4-3-9-12-6-13-15-9/h6-8H,3-5H2,1-2H3,(H,14,16)(H,17,18)(H,12,13,15)/t8-/m0/s1. The first-order valence-corrected chi connectivity index (χ1v) is 5.85. The third-order valence-corrected chi connectivity index (χ3v) is 2.39. The van der Waals surface area contributed by atoms with Gasteiger partial charge in [0, 0.05) is 12.8 Å². The fraction of sp³-hybridized carbons (Fsp3) is 0.636. The zero-order valence-corrected chi connectivity index (χ0v) is 10.5. The molecule has 1 rings (SSSR count). The molecule has 1 aromatic rings. The maximum Gasteiger partial charge on any atom is 0.326 e. The summed E-state index contributed by atoms with van der Waals surface area (Å²) < 4.78 is 0. The number of carbonyl (C=O) groups is 2.